The van der Waals surface area contributed by atoms with Crippen LogP contribution in [0.1, 0.15) is 34.4 Å². The van der Waals surface area contributed by atoms with Crippen LogP contribution in [0.5, 0.6) is 5.75 Å². The third-order valence-electron chi connectivity index (χ3n) is 3.53. The van der Waals surface area contributed by atoms with Crippen molar-refractivity contribution in [2.45, 2.75) is 26.4 Å². The molecule has 5 nitrogen and oxygen atoms in total. The van der Waals surface area contributed by atoms with Crippen LogP contribution in [0.2, 0.25) is 0 Å². The Morgan fingerprint density at radius 3 is 2.64 bits per heavy atom. The molecule has 2 aromatic rings. The number of aryl methyl sites for hydroxylation is 2. The minimum Gasteiger partial charge on any atom is -0.496 e. The normalized spacial score (nSPS) is 13.5. The lowest BCUT2D eigenvalue weighted by Gasteiger charge is -2.21. The molecule has 118 valence electrons. The van der Waals surface area contributed by atoms with Crippen LogP contribution in [0.4, 0.5) is 0 Å². The van der Waals surface area contributed by atoms with Crippen LogP contribution in [0, 0.1) is 13.8 Å². The Morgan fingerprint density at radius 2 is 2.05 bits per heavy atom. The van der Waals surface area contributed by atoms with Crippen LogP contribution < -0.4 is 10.1 Å². The molecule has 0 aliphatic rings. The van der Waals surface area contributed by atoms with E-state index in [0.29, 0.717) is 22.8 Å². The van der Waals surface area contributed by atoms with E-state index in [4.69, 9.17) is 9.15 Å². The average Bonchev–Trinajstić information content (AvgIpc) is 2.93. The molecule has 0 aliphatic carbocycles. The number of nitrogens with one attached hydrogen (secondary N) is 1. The Kier molecular flexibility index (Phi) is 4.56. The van der Waals surface area contributed by atoms with E-state index >= 15 is 0 Å². The lowest BCUT2D eigenvalue weighted by Crippen LogP contribution is -2.38. The summed E-state index contributed by atoms with van der Waals surface area (Å²) < 4.78 is 10.6. The Balaban J connectivity index is 2.06. The second kappa shape index (κ2) is 6.23. The van der Waals surface area contributed by atoms with Crippen molar-refractivity contribution >= 4 is 5.91 Å². The van der Waals surface area contributed by atoms with Crippen molar-refractivity contribution in [3.05, 3.63) is 53.0 Å². The second-order valence-electron chi connectivity index (χ2n) is 5.55. The average molecular weight is 303 g/mol. The summed E-state index contributed by atoms with van der Waals surface area (Å²) in [5.74, 6) is 1.51. The van der Waals surface area contributed by atoms with Gasteiger partial charge in [0.25, 0.3) is 5.91 Å². The van der Waals surface area contributed by atoms with Gasteiger partial charge in [0.1, 0.15) is 22.9 Å². The number of ether oxygens (including phenoxy) is 1. The fourth-order valence-corrected chi connectivity index (χ4v) is 2.13. The Morgan fingerprint density at radius 1 is 1.32 bits per heavy atom. The molecule has 5 heteroatoms. The summed E-state index contributed by atoms with van der Waals surface area (Å²) in [5, 5.41) is 13.1. The molecule has 0 bridgehead atoms. The minimum atomic E-state index is -1.27. The fourth-order valence-electron chi connectivity index (χ4n) is 2.13. The van der Waals surface area contributed by atoms with Crippen LogP contribution in [-0.4, -0.2) is 24.7 Å². The van der Waals surface area contributed by atoms with Crippen molar-refractivity contribution in [2.24, 2.45) is 0 Å². The highest BCUT2D eigenvalue weighted by Crippen LogP contribution is 2.23. The van der Waals surface area contributed by atoms with Gasteiger partial charge in [-0.2, -0.15) is 0 Å². The Labute approximate surface area is 129 Å². The van der Waals surface area contributed by atoms with Crippen molar-refractivity contribution in [3.63, 3.8) is 0 Å². The van der Waals surface area contributed by atoms with Crippen molar-refractivity contribution in [2.75, 3.05) is 13.7 Å². The third-order valence-corrected chi connectivity index (χ3v) is 3.53. The summed E-state index contributed by atoms with van der Waals surface area (Å²) >= 11 is 0. The molecule has 2 rings (SSSR count). The molecule has 0 aliphatic heterocycles. The van der Waals surface area contributed by atoms with Crippen molar-refractivity contribution in [1.82, 2.24) is 5.32 Å². The van der Waals surface area contributed by atoms with Gasteiger partial charge in [-0.15, -0.1) is 0 Å². The molecule has 1 heterocycles. The lowest BCUT2D eigenvalue weighted by molar-refractivity contribution is 0.0323. The van der Waals surface area contributed by atoms with Gasteiger partial charge in [0.15, 0.2) is 0 Å². The summed E-state index contributed by atoms with van der Waals surface area (Å²) in [7, 11) is 1.56. The Hall–Kier alpha value is -2.27. The molecular weight excluding hydrogens is 282 g/mol. The summed E-state index contributed by atoms with van der Waals surface area (Å²) in [6, 6.07) is 8.70. The molecule has 0 saturated heterocycles. The summed E-state index contributed by atoms with van der Waals surface area (Å²) in [5.41, 5.74) is 0.171. The smallest absolute Gasteiger partial charge is 0.251 e. The van der Waals surface area contributed by atoms with E-state index in [1.807, 2.05) is 13.0 Å². The molecule has 2 N–H and O–H groups in total. The van der Waals surface area contributed by atoms with Crippen LogP contribution in [0.15, 0.2) is 34.7 Å². The maximum atomic E-state index is 12.2. The SMILES string of the molecule is COc1cc(C(=O)NCC(C)(O)c2ccc(C)o2)ccc1C. The molecule has 1 unspecified atom stereocenters. The molecule has 1 aromatic carbocycles. The summed E-state index contributed by atoms with van der Waals surface area (Å²) in [6.07, 6.45) is 0. The van der Waals surface area contributed by atoms with E-state index in [1.165, 1.54) is 0 Å². The van der Waals surface area contributed by atoms with E-state index in [9.17, 15) is 9.90 Å². The molecule has 0 radical (unpaired) electrons. The number of hydrogen-bond acceptors (Lipinski definition) is 4. The molecule has 1 aromatic heterocycles. The number of benzene rings is 1. The maximum absolute atomic E-state index is 12.2. The predicted molar refractivity (Wildman–Crippen MR) is 83.1 cm³/mol. The van der Waals surface area contributed by atoms with E-state index in [2.05, 4.69) is 5.32 Å². The van der Waals surface area contributed by atoms with Crippen molar-refractivity contribution < 1.29 is 19.1 Å². The fraction of sp³-hybridized carbons (Fsp3) is 0.353. The monoisotopic (exact) mass is 303 g/mol. The number of carbonyl (C=O) groups is 1. The third kappa shape index (κ3) is 3.49. The predicted octanol–water partition coefficient (Wildman–Crippen LogP) is 2.54. The zero-order chi connectivity index (χ0) is 16.3. The largest absolute Gasteiger partial charge is 0.496 e. The van der Waals surface area contributed by atoms with Gasteiger partial charge < -0.3 is 19.6 Å². The van der Waals surface area contributed by atoms with Crippen molar-refractivity contribution in [1.29, 1.82) is 0 Å². The van der Waals surface area contributed by atoms with E-state index in [1.54, 1.807) is 45.2 Å². The van der Waals surface area contributed by atoms with Crippen molar-refractivity contribution in [3.8, 4) is 5.75 Å². The first-order chi connectivity index (χ1) is 10.3. The van der Waals surface area contributed by atoms with Gasteiger partial charge in [-0.1, -0.05) is 6.07 Å². The summed E-state index contributed by atoms with van der Waals surface area (Å²) in [4.78, 5) is 12.2. The zero-order valence-corrected chi connectivity index (χ0v) is 13.3. The van der Waals surface area contributed by atoms with Crippen LogP contribution in [-0.2, 0) is 5.60 Å². The molecular formula is C17H21NO4. The van der Waals surface area contributed by atoms with Crippen LogP contribution in [0.3, 0.4) is 0 Å². The van der Waals surface area contributed by atoms with Gasteiger partial charge >= 0.3 is 0 Å². The van der Waals surface area contributed by atoms with Gasteiger partial charge in [0, 0.05) is 5.56 Å². The highest BCUT2D eigenvalue weighted by Gasteiger charge is 2.27. The first-order valence-electron chi connectivity index (χ1n) is 7.05. The summed E-state index contributed by atoms with van der Waals surface area (Å²) in [6.45, 7) is 5.36. The molecule has 0 saturated carbocycles. The quantitative estimate of drug-likeness (QED) is 0.890. The lowest BCUT2D eigenvalue weighted by atomic mass is 10.0. The molecule has 0 fully saturated rings. The number of hydrogen-bond donors (Lipinski definition) is 2. The molecule has 0 spiro atoms. The van der Waals surface area contributed by atoms with E-state index in [0.717, 1.165) is 5.56 Å². The minimum absolute atomic E-state index is 0.0506. The zero-order valence-electron chi connectivity index (χ0n) is 13.3. The van der Waals surface area contributed by atoms with Gasteiger partial charge in [0.05, 0.1) is 13.7 Å². The first kappa shape index (κ1) is 16.1. The molecule has 1 atom stereocenters. The number of carbonyl (C=O) groups excluding carboxylic acids is 1. The number of rotatable bonds is 5. The second-order valence-corrected chi connectivity index (χ2v) is 5.55. The molecule has 22 heavy (non-hydrogen) atoms. The van der Waals surface area contributed by atoms with E-state index < -0.39 is 5.60 Å². The molecule has 1 amide bonds. The first-order valence-corrected chi connectivity index (χ1v) is 7.05. The van der Waals surface area contributed by atoms with E-state index in [-0.39, 0.29) is 12.5 Å². The highest BCUT2D eigenvalue weighted by molar-refractivity contribution is 5.94. The number of aliphatic hydroxyl groups is 1. The maximum Gasteiger partial charge on any atom is 0.251 e. The standard InChI is InChI=1S/C17H21NO4/c1-11-5-7-13(9-14(11)21-4)16(19)18-10-17(3,20)15-8-6-12(2)22-15/h5-9,20H,10H2,1-4H3,(H,18,19). The van der Waals surface area contributed by atoms with Gasteiger partial charge in [-0.3, -0.25) is 4.79 Å². The van der Waals surface area contributed by atoms with Crippen LogP contribution in [0.25, 0.3) is 0 Å². The number of amides is 1. The van der Waals surface area contributed by atoms with Gasteiger partial charge in [-0.25, -0.2) is 0 Å². The highest BCUT2D eigenvalue weighted by atomic mass is 16.5. The number of furan rings is 1. The van der Waals surface area contributed by atoms with Crippen LogP contribution >= 0.6 is 0 Å². The topological polar surface area (TPSA) is 71.7 Å². The van der Waals surface area contributed by atoms with Gasteiger partial charge in [0.2, 0.25) is 0 Å². The number of methoxy groups -OCH3 is 1. The van der Waals surface area contributed by atoms with Gasteiger partial charge in [-0.05, 0) is 50.6 Å². The Bertz CT molecular complexity index is 673.